The summed E-state index contributed by atoms with van der Waals surface area (Å²) in [5.74, 6) is 1.63. The lowest BCUT2D eigenvalue weighted by Gasteiger charge is -2.35. The summed E-state index contributed by atoms with van der Waals surface area (Å²) in [4.78, 5) is 2.57. The molecule has 1 aromatic carbocycles. The van der Waals surface area contributed by atoms with Gasteiger partial charge in [-0.1, -0.05) is 25.4 Å². The number of halogens is 2. The Morgan fingerprint density at radius 1 is 1.35 bits per heavy atom. The Morgan fingerprint density at radius 2 is 2.04 bits per heavy atom. The van der Waals surface area contributed by atoms with Crippen LogP contribution in [-0.4, -0.2) is 36.2 Å². The summed E-state index contributed by atoms with van der Waals surface area (Å²) >= 11 is 14.8. The fraction of sp³-hybridized carbons (Fsp3) is 0.588. The van der Waals surface area contributed by atoms with Crippen LogP contribution < -0.4 is 10.6 Å². The van der Waals surface area contributed by atoms with Crippen LogP contribution in [0.1, 0.15) is 26.7 Å². The summed E-state index contributed by atoms with van der Waals surface area (Å²) in [6.45, 7) is 9.17. The Balaban J connectivity index is 1.65. The van der Waals surface area contributed by atoms with E-state index in [2.05, 4.69) is 45.3 Å². The molecule has 2 N–H and O–H groups in total. The Kier molecular flexibility index (Phi) is 7.60. The van der Waals surface area contributed by atoms with Crippen molar-refractivity contribution < 1.29 is 0 Å². The molecule has 1 saturated heterocycles. The monoisotopic (exact) mass is 417 g/mol. The molecule has 23 heavy (non-hydrogen) atoms. The van der Waals surface area contributed by atoms with Gasteiger partial charge in [-0.15, -0.1) is 0 Å². The predicted molar refractivity (Wildman–Crippen MR) is 107 cm³/mol. The third kappa shape index (κ3) is 6.57. The number of nitrogens with zero attached hydrogens (tertiary/aromatic N) is 1. The number of hydrogen-bond acceptors (Lipinski definition) is 2. The van der Waals surface area contributed by atoms with Crippen molar-refractivity contribution in [2.24, 2.45) is 11.8 Å². The molecule has 128 valence electrons. The first-order chi connectivity index (χ1) is 10.9. The quantitative estimate of drug-likeness (QED) is 0.532. The molecule has 0 aliphatic carbocycles. The highest BCUT2D eigenvalue weighted by Crippen LogP contribution is 2.25. The zero-order valence-electron chi connectivity index (χ0n) is 13.7. The Morgan fingerprint density at radius 3 is 2.70 bits per heavy atom. The van der Waals surface area contributed by atoms with E-state index in [1.807, 2.05) is 18.2 Å². The number of benzene rings is 1. The van der Waals surface area contributed by atoms with Gasteiger partial charge < -0.3 is 15.5 Å². The molecule has 1 aromatic rings. The predicted octanol–water partition coefficient (Wildman–Crippen LogP) is 4.76. The van der Waals surface area contributed by atoms with Crippen LogP contribution in [0.25, 0.3) is 0 Å². The molecule has 0 aromatic heterocycles. The highest BCUT2D eigenvalue weighted by molar-refractivity contribution is 9.10. The van der Waals surface area contributed by atoms with Crippen molar-refractivity contribution in [1.29, 1.82) is 0 Å². The van der Waals surface area contributed by atoms with Gasteiger partial charge in [-0.3, -0.25) is 0 Å². The third-order valence-electron chi connectivity index (χ3n) is 4.06. The summed E-state index contributed by atoms with van der Waals surface area (Å²) in [7, 11) is 0. The SMILES string of the molecule is C[C@@H]1C[C@@H](C)CN(CCCNC(=S)Nc2ccc(Br)c(Cl)c2)C1. The highest BCUT2D eigenvalue weighted by Gasteiger charge is 2.20. The minimum absolute atomic E-state index is 0.642. The van der Waals surface area contributed by atoms with Crippen molar-refractivity contribution in [1.82, 2.24) is 10.2 Å². The molecular weight excluding hydrogens is 394 g/mol. The maximum atomic E-state index is 6.08. The molecule has 1 fully saturated rings. The minimum Gasteiger partial charge on any atom is -0.362 e. The summed E-state index contributed by atoms with van der Waals surface area (Å²) in [6.07, 6.45) is 2.46. The van der Waals surface area contributed by atoms with E-state index in [9.17, 15) is 0 Å². The second-order valence-corrected chi connectivity index (χ2v) is 8.24. The lowest BCUT2D eigenvalue weighted by molar-refractivity contribution is 0.140. The standard InChI is InChI=1S/C17H25BrClN3S/c1-12-8-13(2)11-22(10-12)7-3-6-20-17(23)21-14-4-5-15(18)16(19)9-14/h4-5,9,12-13H,3,6-8,10-11H2,1-2H3,(H2,20,21,23)/t12-,13-/m1/s1. The van der Waals surface area contributed by atoms with Crippen molar-refractivity contribution in [3.05, 3.63) is 27.7 Å². The van der Waals surface area contributed by atoms with E-state index in [4.69, 9.17) is 23.8 Å². The van der Waals surface area contributed by atoms with Crippen LogP contribution in [0, 0.1) is 11.8 Å². The second kappa shape index (κ2) is 9.21. The van der Waals surface area contributed by atoms with Crippen molar-refractivity contribution in [3.8, 4) is 0 Å². The van der Waals surface area contributed by atoms with E-state index >= 15 is 0 Å². The maximum absolute atomic E-state index is 6.08. The number of anilines is 1. The molecule has 3 nitrogen and oxygen atoms in total. The molecule has 0 radical (unpaired) electrons. The largest absolute Gasteiger partial charge is 0.362 e. The van der Waals surface area contributed by atoms with E-state index in [-0.39, 0.29) is 0 Å². The molecule has 0 amide bonds. The van der Waals surface area contributed by atoms with Crippen LogP contribution in [0.15, 0.2) is 22.7 Å². The van der Waals surface area contributed by atoms with Gasteiger partial charge in [0.25, 0.3) is 0 Å². The van der Waals surface area contributed by atoms with Crippen LogP contribution in [-0.2, 0) is 0 Å². The van der Waals surface area contributed by atoms with E-state index in [0.29, 0.717) is 10.1 Å². The molecule has 0 spiro atoms. The fourth-order valence-corrected chi connectivity index (χ4v) is 3.88. The molecule has 0 saturated carbocycles. The normalized spacial score (nSPS) is 21.9. The van der Waals surface area contributed by atoms with E-state index < -0.39 is 0 Å². The Labute approximate surface area is 158 Å². The Hall–Kier alpha value is -0.360. The van der Waals surface area contributed by atoms with E-state index in [1.165, 1.54) is 19.5 Å². The molecule has 1 aliphatic heterocycles. The molecule has 6 heteroatoms. The fourth-order valence-electron chi connectivity index (χ4n) is 3.23. The van der Waals surface area contributed by atoms with Crippen LogP contribution in [0.4, 0.5) is 5.69 Å². The van der Waals surface area contributed by atoms with Crippen molar-refractivity contribution in [3.63, 3.8) is 0 Å². The average molecular weight is 419 g/mol. The van der Waals surface area contributed by atoms with Crippen LogP contribution >= 0.6 is 39.7 Å². The van der Waals surface area contributed by atoms with Crippen molar-refractivity contribution in [2.75, 3.05) is 31.5 Å². The number of rotatable bonds is 5. The summed E-state index contributed by atoms with van der Waals surface area (Å²) in [5, 5.41) is 7.74. The molecule has 0 bridgehead atoms. The van der Waals surface area contributed by atoms with Crippen molar-refractivity contribution >= 4 is 50.5 Å². The first kappa shape index (κ1) is 19.0. The summed E-state index contributed by atoms with van der Waals surface area (Å²) in [6, 6.07) is 5.71. The highest BCUT2D eigenvalue weighted by atomic mass is 79.9. The molecule has 2 rings (SSSR count). The lowest BCUT2D eigenvalue weighted by atomic mass is 9.92. The van der Waals surface area contributed by atoms with Gasteiger partial charge in [0.2, 0.25) is 0 Å². The van der Waals surface area contributed by atoms with Gasteiger partial charge >= 0.3 is 0 Å². The van der Waals surface area contributed by atoms with Gasteiger partial charge in [0, 0.05) is 29.8 Å². The number of piperidine rings is 1. The number of nitrogens with one attached hydrogen (secondary N) is 2. The van der Waals surface area contributed by atoms with Gasteiger partial charge in [0.15, 0.2) is 5.11 Å². The smallest absolute Gasteiger partial charge is 0.170 e. The van der Waals surface area contributed by atoms with Crippen molar-refractivity contribution in [2.45, 2.75) is 26.7 Å². The zero-order chi connectivity index (χ0) is 16.8. The summed E-state index contributed by atoms with van der Waals surface area (Å²) < 4.78 is 0.883. The van der Waals surface area contributed by atoms with Crippen LogP contribution in [0.5, 0.6) is 0 Å². The number of likely N-dealkylation sites (tertiary alicyclic amines) is 1. The topological polar surface area (TPSA) is 27.3 Å². The first-order valence-corrected chi connectivity index (χ1v) is 9.74. The molecule has 0 unspecified atom stereocenters. The molecular formula is C17H25BrClN3S. The number of thiocarbonyl (C=S) groups is 1. The van der Waals surface area contributed by atoms with Crippen LogP contribution in [0.2, 0.25) is 5.02 Å². The van der Waals surface area contributed by atoms with Crippen LogP contribution in [0.3, 0.4) is 0 Å². The van der Waals surface area contributed by atoms with Gasteiger partial charge in [0.1, 0.15) is 0 Å². The zero-order valence-corrected chi connectivity index (χ0v) is 16.9. The Bertz CT molecular complexity index is 531. The van der Waals surface area contributed by atoms with Gasteiger partial charge in [-0.05, 0) is 77.6 Å². The molecule has 1 heterocycles. The second-order valence-electron chi connectivity index (χ2n) is 6.57. The van der Waals surface area contributed by atoms with E-state index in [0.717, 1.165) is 41.5 Å². The molecule has 2 atom stereocenters. The molecule has 1 aliphatic rings. The summed E-state index contributed by atoms with van der Waals surface area (Å²) in [5.41, 5.74) is 0.898. The maximum Gasteiger partial charge on any atom is 0.170 e. The van der Waals surface area contributed by atoms with Gasteiger partial charge in [-0.2, -0.15) is 0 Å². The average Bonchev–Trinajstić information content (AvgIpc) is 2.46. The van der Waals surface area contributed by atoms with Gasteiger partial charge in [0.05, 0.1) is 5.02 Å². The first-order valence-electron chi connectivity index (χ1n) is 8.16. The minimum atomic E-state index is 0.642. The third-order valence-corrected chi connectivity index (χ3v) is 5.54. The number of hydrogen-bond donors (Lipinski definition) is 2. The van der Waals surface area contributed by atoms with Gasteiger partial charge in [-0.25, -0.2) is 0 Å². The lowest BCUT2D eigenvalue weighted by Crippen LogP contribution is -2.40. The van der Waals surface area contributed by atoms with E-state index in [1.54, 1.807) is 0 Å².